The van der Waals surface area contributed by atoms with Gasteiger partial charge in [0, 0.05) is 0 Å². The Kier molecular flexibility index (Phi) is 6.42. The summed E-state index contributed by atoms with van der Waals surface area (Å²) in [4.78, 5) is 0. The molecule has 0 unspecified atom stereocenters. The lowest BCUT2D eigenvalue weighted by Gasteiger charge is -2.18. The number of hydrogen-bond donors (Lipinski definition) is 0. The highest BCUT2D eigenvalue weighted by Crippen LogP contribution is 2.23. The Hall–Kier alpha value is -2.34. The van der Waals surface area contributed by atoms with Crippen LogP contribution in [0.2, 0.25) is 0 Å². The van der Waals surface area contributed by atoms with Crippen LogP contribution in [0, 0.1) is 0 Å². The first kappa shape index (κ1) is 20.0. The Bertz CT molecular complexity index is 698. The van der Waals surface area contributed by atoms with Crippen molar-refractivity contribution in [3.8, 4) is 0 Å². The molecule has 0 atom stereocenters. The van der Waals surface area contributed by atoms with E-state index in [0.717, 1.165) is 0 Å². The largest absolute Gasteiger partial charge is 0.0622 e. The van der Waals surface area contributed by atoms with Gasteiger partial charge in [0.05, 0.1) is 0 Å². The van der Waals surface area contributed by atoms with E-state index in [9.17, 15) is 0 Å². The molecule has 0 heteroatoms. The van der Waals surface area contributed by atoms with Gasteiger partial charge in [-0.1, -0.05) is 127 Å². The van der Waals surface area contributed by atoms with Crippen molar-refractivity contribution in [2.75, 3.05) is 0 Å². The molecular formula is C26H32. The molecule has 136 valence electrons. The van der Waals surface area contributed by atoms with E-state index in [1.54, 1.807) is 0 Å². The van der Waals surface area contributed by atoms with Crippen molar-refractivity contribution in [3.63, 3.8) is 0 Å². The molecule has 0 aliphatic rings. The number of allylic oxidation sites excluding steroid dienone is 4. The molecule has 0 saturated carbocycles. The highest BCUT2D eigenvalue weighted by atomic mass is 14.2. The summed E-state index contributed by atoms with van der Waals surface area (Å²) in [6.07, 6.45) is 12.6. The first-order chi connectivity index (χ1) is 12.2. The summed E-state index contributed by atoms with van der Waals surface area (Å²) in [5.41, 5.74) is 5.60. The van der Waals surface area contributed by atoms with Crippen LogP contribution in [0.1, 0.15) is 63.8 Å². The van der Waals surface area contributed by atoms with E-state index in [2.05, 4.69) is 127 Å². The minimum Gasteiger partial charge on any atom is -0.0622 e. The molecule has 2 aromatic carbocycles. The monoisotopic (exact) mass is 344 g/mol. The van der Waals surface area contributed by atoms with Crippen LogP contribution in [-0.2, 0) is 10.8 Å². The second kappa shape index (κ2) is 8.36. The highest BCUT2D eigenvalue weighted by Gasteiger charge is 2.12. The summed E-state index contributed by atoms with van der Waals surface area (Å²) in [6, 6.07) is 17.6. The van der Waals surface area contributed by atoms with E-state index in [1.165, 1.54) is 22.3 Å². The molecule has 0 amide bonds. The first-order valence-corrected chi connectivity index (χ1v) is 9.39. The topological polar surface area (TPSA) is 0 Å². The summed E-state index contributed by atoms with van der Waals surface area (Å²) >= 11 is 0. The van der Waals surface area contributed by atoms with Crippen molar-refractivity contribution in [2.24, 2.45) is 0 Å². The predicted octanol–water partition coefficient (Wildman–Crippen LogP) is 7.56. The van der Waals surface area contributed by atoms with Gasteiger partial charge in [-0.3, -0.25) is 0 Å². The molecule has 0 spiro atoms. The smallest absolute Gasteiger partial charge is 0.0132 e. The van der Waals surface area contributed by atoms with Gasteiger partial charge < -0.3 is 0 Å². The average molecular weight is 345 g/mol. The molecule has 0 bridgehead atoms. The van der Waals surface area contributed by atoms with Crippen molar-refractivity contribution in [1.29, 1.82) is 0 Å². The maximum Gasteiger partial charge on any atom is -0.0132 e. The fourth-order valence-electron chi connectivity index (χ4n) is 2.65. The maximum absolute atomic E-state index is 2.24. The SMILES string of the molecule is CC(C)(C)c1ccc(/C=C/C=C/C=C/c2ccc(C(C)(C)C)cc2)cc1. The lowest BCUT2D eigenvalue weighted by Crippen LogP contribution is -2.10. The van der Waals surface area contributed by atoms with Crippen LogP contribution in [0.25, 0.3) is 12.2 Å². The van der Waals surface area contributed by atoms with Crippen LogP contribution < -0.4 is 0 Å². The third-order valence-electron chi connectivity index (χ3n) is 4.46. The van der Waals surface area contributed by atoms with Gasteiger partial charge in [0.2, 0.25) is 0 Å². The van der Waals surface area contributed by atoms with E-state index in [0.29, 0.717) is 0 Å². The lowest BCUT2D eigenvalue weighted by atomic mass is 9.87. The molecule has 0 aliphatic heterocycles. The molecule has 2 aromatic rings. The standard InChI is InChI=1S/C26H32/c1-25(2,3)23-17-13-21(14-18-23)11-9-7-8-10-12-22-15-19-24(20-16-22)26(4,5)6/h7-20H,1-6H3/b8-7+,11-9+,12-10+. The van der Waals surface area contributed by atoms with Crippen LogP contribution >= 0.6 is 0 Å². The quantitative estimate of drug-likeness (QED) is 0.502. The zero-order valence-electron chi connectivity index (χ0n) is 17.1. The molecule has 0 saturated heterocycles. The average Bonchev–Trinajstić information content (AvgIpc) is 2.57. The maximum atomic E-state index is 2.24. The van der Waals surface area contributed by atoms with E-state index >= 15 is 0 Å². The van der Waals surface area contributed by atoms with Gasteiger partial charge in [-0.05, 0) is 33.1 Å². The fraction of sp³-hybridized carbons (Fsp3) is 0.308. The van der Waals surface area contributed by atoms with Crippen LogP contribution in [0.4, 0.5) is 0 Å². The van der Waals surface area contributed by atoms with Crippen molar-refractivity contribution >= 4 is 12.2 Å². The lowest BCUT2D eigenvalue weighted by molar-refractivity contribution is 0.590. The normalized spacial score (nSPS) is 13.3. The molecular weight excluding hydrogens is 312 g/mol. The molecule has 0 aromatic heterocycles. The summed E-state index contributed by atoms with van der Waals surface area (Å²) < 4.78 is 0. The fourth-order valence-corrected chi connectivity index (χ4v) is 2.65. The Balaban J connectivity index is 1.90. The molecule has 26 heavy (non-hydrogen) atoms. The molecule has 0 heterocycles. The van der Waals surface area contributed by atoms with Crippen molar-refractivity contribution in [3.05, 3.63) is 95.1 Å². The van der Waals surface area contributed by atoms with E-state index < -0.39 is 0 Å². The Labute approximate surface area is 160 Å². The minimum absolute atomic E-state index is 0.206. The van der Waals surface area contributed by atoms with Gasteiger partial charge >= 0.3 is 0 Å². The molecule has 0 fully saturated rings. The summed E-state index contributed by atoms with van der Waals surface area (Å²) in [6.45, 7) is 13.4. The van der Waals surface area contributed by atoms with Crippen molar-refractivity contribution < 1.29 is 0 Å². The summed E-state index contributed by atoms with van der Waals surface area (Å²) in [5.74, 6) is 0. The Morgan fingerprint density at radius 1 is 0.462 bits per heavy atom. The van der Waals surface area contributed by atoms with Gasteiger partial charge in [-0.2, -0.15) is 0 Å². The molecule has 0 aliphatic carbocycles. The van der Waals surface area contributed by atoms with Crippen molar-refractivity contribution in [1.82, 2.24) is 0 Å². The molecule has 0 radical (unpaired) electrons. The zero-order chi connectivity index (χ0) is 19.2. The molecule has 0 N–H and O–H groups in total. The number of hydrogen-bond acceptors (Lipinski definition) is 0. The van der Waals surface area contributed by atoms with Gasteiger partial charge in [-0.25, -0.2) is 0 Å². The van der Waals surface area contributed by atoms with Crippen LogP contribution in [0.5, 0.6) is 0 Å². The van der Waals surface area contributed by atoms with Gasteiger partial charge in [-0.15, -0.1) is 0 Å². The van der Waals surface area contributed by atoms with Crippen LogP contribution in [0.15, 0.2) is 72.8 Å². The summed E-state index contributed by atoms with van der Waals surface area (Å²) in [5, 5.41) is 0. The van der Waals surface area contributed by atoms with E-state index in [-0.39, 0.29) is 10.8 Å². The molecule has 0 nitrogen and oxygen atoms in total. The van der Waals surface area contributed by atoms with Gasteiger partial charge in [0.1, 0.15) is 0 Å². The van der Waals surface area contributed by atoms with E-state index in [4.69, 9.17) is 0 Å². The van der Waals surface area contributed by atoms with Crippen LogP contribution in [0.3, 0.4) is 0 Å². The predicted molar refractivity (Wildman–Crippen MR) is 117 cm³/mol. The van der Waals surface area contributed by atoms with Crippen molar-refractivity contribution in [2.45, 2.75) is 52.4 Å². The number of benzene rings is 2. The Morgan fingerprint density at radius 3 is 1.04 bits per heavy atom. The van der Waals surface area contributed by atoms with Gasteiger partial charge in [0.25, 0.3) is 0 Å². The summed E-state index contributed by atoms with van der Waals surface area (Å²) in [7, 11) is 0. The molecule has 2 rings (SSSR count). The van der Waals surface area contributed by atoms with Gasteiger partial charge in [0.15, 0.2) is 0 Å². The van der Waals surface area contributed by atoms with Crippen LogP contribution in [-0.4, -0.2) is 0 Å². The first-order valence-electron chi connectivity index (χ1n) is 9.39. The number of rotatable bonds is 4. The third-order valence-corrected chi connectivity index (χ3v) is 4.46. The van der Waals surface area contributed by atoms with E-state index in [1.807, 2.05) is 0 Å². The third kappa shape index (κ3) is 6.19. The second-order valence-electron chi connectivity index (χ2n) is 8.85. The highest BCUT2D eigenvalue weighted by molar-refractivity contribution is 5.54. The zero-order valence-corrected chi connectivity index (χ0v) is 17.1. The minimum atomic E-state index is 0.206. The second-order valence-corrected chi connectivity index (χ2v) is 8.85. The Morgan fingerprint density at radius 2 is 0.769 bits per heavy atom.